The highest BCUT2D eigenvalue weighted by Gasteiger charge is 2.31. The number of likely N-dealkylation sites (tertiary alicyclic amines) is 1. The number of hydrogen-bond donors (Lipinski definition) is 1. The van der Waals surface area contributed by atoms with Gasteiger partial charge in [0.25, 0.3) is 0 Å². The van der Waals surface area contributed by atoms with Crippen LogP contribution >= 0.6 is 11.6 Å². The van der Waals surface area contributed by atoms with Crippen LogP contribution in [0.4, 0.5) is 19.3 Å². The zero-order valence-corrected chi connectivity index (χ0v) is 17.4. The molecular weight excluding hydrogens is 416 g/mol. The first-order chi connectivity index (χ1) is 14.2. The van der Waals surface area contributed by atoms with Crippen molar-refractivity contribution in [2.24, 2.45) is 0 Å². The number of hydrogen-bond acceptors (Lipinski definition) is 3. The highest BCUT2D eigenvalue weighted by atomic mass is 35.5. The summed E-state index contributed by atoms with van der Waals surface area (Å²) in [5.41, 5.74) is 0.269. The van der Waals surface area contributed by atoms with Crippen molar-refractivity contribution < 1.29 is 23.5 Å². The van der Waals surface area contributed by atoms with Crippen LogP contribution in [0.5, 0.6) is 0 Å². The van der Waals surface area contributed by atoms with Gasteiger partial charge in [-0.3, -0.25) is 4.90 Å². The van der Waals surface area contributed by atoms with E-state index in [0.29, 0.717) is 18.8 Å². The fourth-order valence-electron chi connectivity index (χ4n) is 3.41. The summed E-state index contributed by atoms with van der Waals surface area (Å²) in [5.74, 6) is -2.61. The number of carboxylic acid groups (broad SMARTS) is 1. The Bertz CT molecular complexity index is 971. The van der Waals surface area contributed by atoms with Gasteiger partial charge < -0.3 is 14.9 Å². The number of likely N-dealkylation sites (N-methyl/N-ethyl adjacent to an activating group) is 1. The number of anilines is 1. The molecule has 1 aliphatic rings. The van der Waals surface area contributed by atoms with Crippen molar-refractivity contribution in [2.45, 2.75) is 19.0 Å². The number of halogens is 3. The van der Waals surface area contributed by atoms with Gasteiger partial charge in [-0.15, -0.1) is 0 Å². The van der Waals surface area contributed by atoms with Crippen molar-refractivity contribution in [3.63, 3.8) is 0 Å². The van der Waals surface area contributed by atoms with Gasteiger partial charge in [0.05, 0.1) is 17.1 Å². The summed E-state index contributed by atoms with van der Waals surface area (Å²) in [5, 5.41) is 8.87. The van der Waals surface area contributed by atoms with Gasteiger partial charge in [0.15, 0.2) is 0 Å². The van der Waals surface area contributed by atoms with Crippen LogP contribution < -0.4 is 4.90 Å². The molecule has 0 radical (unpaired) electrons. The molecule has 0 saturated carbocycles. The van der Waals surface area contributed by atoms with Crippen molar-refractivity contribution in [1.29, 1.82) is 0 Å². The van der Waals surface area contributed by atoms with Crippen LogP contribution in [0, 0.1) is 11.6 Å². The molecule has 1 heterocycles. The molecule has 6 nitrogen and oxygen atoms in total. The minimum absolute atomic E-state index is 0.136. The number of carboxylic acids is 1. The van der Waals surface area contributed by atoms with Gasteiger partial charge in [-0.25, -0.2) is 18.4 Å². The summed E-state index contributed by atoms with van der Waals surface area (Å²) < 4.78 is 28.2. The van der Waals surface area contributed by atoms with E-state index in [0.717, 1.165) is 18.6 Å². The molecule has 2 aromatic rings. The van der Waals surface area contributed by atoms with Crippen LogP contribution in [0.1, 0.15) is 22.3 Å². The first-order valence-corrected chi connectivity index (χ1v) is 9.75. The maximum Gasteiger partial charge on any atom is 0.335 e. The number of rotatable bonds is 5. The Hall–Kier alpha value is -2.71. The molecule has 1 fully saturated rings. The van der Waals surface area contributed by atoms with Crippen LogP contribution in [-0.4, -0.2) is 60.1 Å². The maximum absolute atomic E-state index is 14.5. The van der Waals surface area contributed by atoms with E-state index in [1.807, 2.05) is 19.0 Å². The molecule has 1 N–H and O–H groups in total. The van der Waals surface area contributed by atoms with E-state index < -0.39 is 17.6 Å². The summed E-state index contributed by atoms with van der Waals surface area (Å²) in [6.45, 7) is 0.890. The number of benzene rings is 2. The van der Waals surface area contributed by atoms with Crippen LogP contribution in [0.15, 0.2) is 36.4 Å². The number of aromatic carboxylic acids is 1. The molecule has 2 amide bonds. The lowest BCUT2D eigenvalue weighted by atomic mass is 10.1. The molecule has 0 aliphatic carbocycles. The minimum atomic E-state index is -1.24. The number of carbonyl (C=O) groups is 2. The lowest BCUT2D eigenvalue weighted by molar-refractivity contribution is 0.0696. The van der Waals surface area contributed by atoms with Gasteiger partial charge in [-0.1, -0.05) is 17.7 Å². The molecule has 0 bridgehead atoms. The molecule has 9 heteroatoms. The molecule has 0 unspecified atom stereocenters. The average molecular weight is 438 g/mol. The molecule has 1 saturated heterocycles. The molecule has 1 aliphatic heterocycles. The lowest BCUT2D eigenvalue weighted by Gasteiger charge is -2.29. The second-order valence-corrected chi connectivity index (χ2v) is 7.84. The topological polar surface area (TPSA) is 64.1 Å². The molecule has 2 aromatic carbocycles. The number of urea groups is 1. The summed E-state index contributed by atoms with van der Waals surface area (Å²) in [6.07, 6.45) is 0.804. The molecular formula is C21H22ClF2N3O3. The summed E-state index contributed by atoms with van der Waals surface area (Å²) >= 11 is 5.90. The van der Waals surface area contributed by atoms with E-state index in [4.69, 9.17) is 16.7 Å². The Kier molecular flexibility index (Phi) is 6.58. The Balaban J connectivity index is 1.93. The van der Waals surface area contributed by atoms with Crippen molar-refractivity contribution in [1.82, 2.24) is 9.80 Å². The molecule has 0 spiro atoms. The maximum atomic E-state index is 14.5. The average Bonchev–Trinajstić information content (AvgIpc) is 3.19. The zero-order valence-electron chi connectivity index (χ0n) is 16.6. The largest absolute Gasteiger partial charge is 0.478 e. The van der Waals surface area contributed by atoms with E-state index in [-0.39, 0.29) is 34.8 Å². The van der Waals surface area contributed by atoms with Gasteiger partial charge in [0.1, 0.15) is 11.6 Å². The molecule has 30 heavy (non-hydrogen) atoms. The van der Waals surface area contributed by atoms with Crippen molar-refractivity contribution in [2.75, 3.05) is 32.1 Å². The first-order valence-electron chi connectivity index (χ1n) is 9.37. The van der Waals surface area contributed by atoms with E-state index in [2.05, 4.69) is 0 Å². The Labute approximate surface area is 178 Å². The van der Waals surface area contributed by atoms with Crippen molar-refractivity contribution >= 4 is 29.3 Å². The van der Waals surface area contributed by atoms with E-state index >= 15 is 0 Å². The lowest BCUT2D eigenvalue weighted by Crippen LogP contribution is -2.43. The predicted molar refractivity (Wildman–Crippen MR) is 110 cm³/mol. The molecule has 160 valence electrons. The highest BCUT2D eigenvalue weighted by Crippen LogP contribution is 2.27. The number of nitrogens with zero attached hydrogens (tertiary/aromatic N) is 3. The SMILES string of the molecule is CN(C)[C@@H]1CCN(C(=O)N(Cc2ccc(C(=O)O)cc2F)c2ccc(F)c(Cl)c2)C1. The highest BCUT2D eigenvalue weighted by molar-refractivity contribution is 6.31. The van der Waals surface area contributed by atoms with Crippen LogP contribution in [0.2, 0.25) is 5.02 Å². The molecule has 3 rings (SSSR count). The monoisotopic (exact) mass is 437 g/mol. The zero-order chi connectivity index (χ0) is 22.0. The summed E-state index contributed by atoms with van der Waals surface area (Å²) in [6, 6.07) is 7.24. The Morgan fingerprint density at radius 3 is 2.47 bits per heavy atom. The quantitative estimate of drug-likeness (QED) is 0.765. The van der Waals surface area contributed by atoms with Gasteiger partial charge in [-0.2, -0.15) is 0 Å². The second-order valence-electron chi connectivity index (χ2n) is 7.43. The van der Waals surface area contributed by atoms with E-state index in [1.54, 1.807) is 4.90 Å². The standard InChI is InChI=1S/C21H22ClF2N3O3/c1-25(2)16-7-8-26(12-16)21(30)27(15-5-6-18(23)17(22)10-15)11-14-4-3-13(20(28)29)9-19(14)24/h3-6,9-10,16H,7-8,11-12H2,1-2H3,(H,28,29)/t16-/m1/s1. The fourth-order valence-corrected chi connectivity index (χ4v) is 3.58. The predicted octanol–water partition coefficient (Wildman–Crippen LogP) is 4.08. The third-order valence-electron chi connectivity index (χ3n) is 5.24. The van der Waals surface area contributed by atoms with Crippen molar-refractivity contribution in [3.8, 4) is 0 Å². The summed E-state index contributed by atoms with van der Waals surface area (Å²) in [4.78, 5) is 29.4. The van der Waals surface area contributed by atoms with Crippen LogP contribution in [-0.2, 0) is 6.54 Å². The minimum Gasteiger partial charge on any atom is -0.478 e. The van der Waals surface area contributed by atoms with E-state index in [9.17, 15) is 18.4 Å². The number of carbonyl (C=O) groups excluding carboxylic acids is 1. The van der Waals surface area contributed by atoms with Crippen LogP contribution in [0.3, 0.4) is 0 Å². The third-order valence-corrected chi connectivity index (χ3v) is 5.53. The van der Waals surface area contributed by atoms with Crippen LogP contribution in [0.25, 0.3) is 0 Å². The fraction of sp³-hybridized carbons (Fsp3) is 0.333. The smallest absolute Gasteiger partial charge is 0.335 e. The Morgan fingerprint density at radius 2 is 1.90 bits per heavy atom. The molecule has 1 atom stereocenters. The van der Waals surface area contributed by atoms with Crippen molar-refractivity contribution in [3.05, 3.63) is 64.2 Å². The van der Waals surface area contributed by atoms with Gasteiger partial charge in [0, 0.05) is 30.4 Å². The van der Waals surface area contributed by atoms with Gasteiger partial charge in [0.2, 0.25) is 0 Å². The first kappa shape index (κ1) is 22.0. The molecule has 0 aromatic heterocycles. The summed E-state index contributed by atoms with van der Waals surface area (Å²) in [7, 11) is 3.88. The number of amides is 2. The second kappa shape index (κ2) is 8.97. The third kappa shape index (κ3) is 4.71. The van der Waals surface area contributed by atoms with Gasteiger partial charge >= 0.3 is 12.0 Å². The van der Waals surface area contributed by atoms with E-state index in [1.165, 1.54) is 29.2 Å². The normalized spacial score (nSPS) is 16.2. The Morgan fingerprint density at radius 1 is 1.17 bits per heavy atom. The van der Waals surface area contributed by atoms with Gasteiger partial charge in [-0.05, 0) is 50.8 Å².